The average Bonchev–Trinajstić information content (AvgIpc) is 1.90. The number of rotatable bonds is 3. The first kappa shape index (κ1) is 12.0. The average molecular weight is 161 g/mol. The minimum Gasteiger partial charge on any atom is -0.481 e. The van der Waals surface area contributed by atoms with E-state index in [4.69, 9.17) is 26.7 Å². The standard InChI is InChI=1S/C4H7NO4.N2/c5-2(4(8)9)1-3(6)7;1-2/h2H,1,5H2,(H,6,7)(H,8,9);/t2-;/m0./s1. The van der Waals surface area contributed by atoms with Gasteiger partial charge in [-0.2, -0.15) is 0 Å². The van der Waals surface area contributed by atoms with Gasteiger partial charge in [0.15, 0.2) is 0 Å². The molecule has 11 heavy (non-hydrogen) atoms. The largest absolute Gasteiger partial charge is 0.481 e. The van der Waals surface area contributed by atoms with Crippen LogP contribution < -0.4 is 5.73 Å². The Balaban J connectivity index is 0. The van der Waals surface area contributed by atoms with Crippen LogP contribution in [0.4, 0.5) is 0 Å². The molecule has 0 aromatic heterocycles. The van der Waals surface area contributed by atoms with Gasteiger partial charge in [-0.3, -0.25) is 9.59 Å². The summed E-state index contributed by atoms with van der Waals surface area (Å²) in [7, 11) is 0. The zero-order valence-electron chi connectivity index (χ0n) is 5.47. The Morgan fingerprint density at radius 1 is 1.36 bits per heavy atom. The normalized spacial score (nSPS) is 10.5. The van der Waals surface area contributed by atoms with E-state index in [1.54, 1.807) is 0 Å². The molecule has 0 saturated carbocycles. The van der Waals surface area contributed by atoms with E-state index in [1.165, 1.54) is 0 Å². The highest BCUT2D eigenvalue weighted by Crippen LogP contribution is 1.86. The number of carboxylic acid groups (broad SMARTS) is 2. The molecule has 0 spiro atoms. The van der Waals surface area contributed by atoms with Crippen molar-refractivity contribution in [2.24, 2.45) is 5.73 Å². The van der Waals surface area contributed by atoms with Crippen molar-refractivity contribution in [1.29, 1.82) is 10.8 Å². The SMILES string of the molecule is N#N.N[C@@H](CC(=O)O)C(=O)O. The zero-order chi connectivity index (χ0) is 9.44. The Morgan fingerprint density at radius 3 is 1.82 bits per heavy atom. The molecule has 0 aliphatic rings. The molecule has 0 bridgehead atoms. The lowest BCUT2D eigenvalue weighted by Gasteiger charge is -1.99. The second-order valence-corrected chi connectivity index (χ2v) is 1.54. The molecule has 0 heterocycles. The third-order valence-electron chi connectivity index (χ3n) is 0.712. The third-order valence-corrected chi connectivity index (χ3v) is 0.712. The molecule has 0 aliphatic heterocycles. The maximum atomic E-state index is 9.85. The second-order valence-electron chi connectivity index (χ2n) is 1.54. The van der Waals surface area contributed by atoms with Crippen molar-refractivity contribution in [2.75, 3.05) is 0 Å². The van der Waals surface area contributed by atoms with Gasteiger partial charge in [-0.25, -0.2) is 0 Å². The van der Waals surface area contributed by atoms with Crippen LogP contribution in [0.25, 0.3) is 0 Å². The Hall–Kier alpha value is -1.68. The summed E-state index contributed by atoms with van der Waals surface area (Å²) < 4.78 is 0. The highest BCUT2D eigenvalue weighted by molar-refractivity contribution is 5.80. The van der Waals surface area contributed by atoms with E-state index in [2.05, 4.69) is 0 Å². The van der Waals surface area contributed by atoms with Crippen LogP contribution >= 0.6 is 0 Å². The number of hydrogen-bond donors (Lipinski definition) is 3. The second kappa shape index (κ2) is 6.44. The fourth-order valence-corrected chi connectivity index (χ4v) is 0.275. The molecule has 62 valence electrons. The minimum atomic E-state index is -1.29. The summed E-state index contributed by atoms with van der Waals surface area (Å²) >= 11 is 0. The number of carbonyl (C=O) groups is 2. The fraction of sp³-hybridized carbons (Fsp3) is 0.500. The molecule has 0 aromatic rings. The van der Waals surface area contributed by atoms with Gasteiger partial charge >= 0.3 is 11.9 Å². The molecule has 4 N–H and O–H groups in total. The monoisotopic (exact) mass is 161 g/mol. The van der Waals surface area contributed by atoms with Crippen LogP contribution in [-0.4, -0.2) is 28.2 Å². The third kappa shape index (κ3) is 8.32. The number of nitrogens with zero attached hydrogens (tertiary/aromatic N) is 2. The molecule has 0 unspecified atom stereocenters. The van der Waals surface area contributed by atoms with Crippen molar-refractivity contribution in [1.82, 2.24) is 0 Å². The van der Waals surface area contributed by atoms with Crippen molar-refractivity contribution in [3.8, 4) is 0 Å². The molecular weight excluding hydrogens is 154 g/mol. The molecule has 1 atom stereocenters. The lowest BCUT2D eigenvalue weighted by atomic mass is 10.2. The lowest BCUT2D eigenvalue weighted by Crippen LogP contribution is -2.32. The van der Waals surface area contributed by atoms with Crippen LogP contribution in [0.15, 0.2) is 0 Å². The summed E-state index contributed by atoms with van der Waals surface area (Å²) in [6, 6.07) is -1.29. The van der Waals surface area contributed by atoms with Crippen LogP contribution in [0.2, 0.25) is 0 Å². The highest BCUT2D eigenvalue weighted by atomic mass is 16.4. The Bertz CT molecular complexity index is 166. The van der Waals surface area contributed by atoms with Crippen LogP contribution in [0.3, 0.4) is 0 Å². The van der Waals surface area contributed by atoms with Gasteiger partial charge in [-0.05, 0) is 0 Å². The number of hydrogen-bond acceptors (Lipinski definition) is 5. The fourth-order valence-electron chi connectivity index (χ4n) is 0.275. The van der Waals surface area contributed by atoms with Gasteiger partial charge in [-0.1, -0.05) is 0 Å². The molecule has 0 radical (unpaired) electrons. The van der Waals surface area contributed by atoms with Crippen molar-refractivity contribution in [3.63, 3.8) is 0 Å². The van der Waals surface area contributed by atoms with Gasteiger partial charge < -0.3 is 15.9 Å². The molecule has 0 saturated heterocycles. The van der Waals surface area contributed by atoms with Crippen LogP contribution in [0.1, 0.15) is 6.42 Å². The zero-order valence-corrected chi connectivity index (χ0v) is 5.47. The van der Waals surface area contributed by atoms with Crippen LogP contribution in [-0.2, 0) is 9.59 Å². The van der Waals surface area contributed by atoms with E-state index in [9.17, 15) is 9.59 Å². The summed E-state index contributed by atoms with van der Waals surface area (Å²) in [6.45, 7) is 0. The first-order chi connectivity index (χ1) is 5.04. The first-order valence-electron chi connectivity index (χ1n) is 2.44. The maximum absolute atomic E-state index is 9.85. The quantitative estimate of drug-likeness (QED) is 0.445. The van der Waals surface area contributed by atoms with Gasteiger partial charge in [-0.15, -0.1) is 0 Å². The maximum Gasteiger partial charge on any atom is 0.321 e. The summed E-state index contributed by atoms with van der Waals surface area (Å²) in [5, 5.41) is 28.0. The van der Waals surface area contributed by atoms with E-state index in [-0.39, 0.29) is 0 Å². The van der Waals surface area contributed by atoms with Gasteiger partial charge in [0.2, 0.25) is 0 Å². The molecule has 0 rings (SSSR count). The van der Waals surface area contributed by atoms with E-state index in [0.29, 0.717) is 0 Å². The smallest absolute Gasteiger partial charge is 0.321 e. The summed E-state index contributed by atoms with van der Waals surface area (Å²) in [6.07, 6.45) is -0.532. The topological polar surface area (TPSA) is 148 Å². The van der Waals surface area contributed by atoms with Crippen LogP contribution in [0, 0.1) is 10.8 Å². The molecule has 7 heteroatoms. The predicted octanol–water partition coefficient (Wildman–Crippen LogP) is -1.10. The Morgan fingerprint density at radius 2 is 1.73 bits per heavy atom. The van der Waals surface area contributed by atoms with Crippen molar-refractivity contribution in [3.05, 3.63) is 0 Å². The van der Waals surface area contributed by atoms with Gasteiger partial charge in [0.1, 0.15) is 6.04 Å². The van der Waals surface area contributed by atoms with E-state index < -0.39 is 24.4 Å². The van der Waals surface area contributed by atoms with E-state index in [0.717, 1.165) is 0 Å². The Labute approximate surface area is 61.8 Å². The number of nitrogens with two attached hydrogens (primary N) is 1. The van der Waals surface area contributed by atoms with Crippen LogP contribution in [0.5, 0.6) is 0 Å². The van der Waals surface area contributed by atoms with E-state index in [1.807, 2.05) is 0 Å². The van der Waals surface area contributed by atoms with Crippen molar-refractivity contribution >= 4 is 11.9 Å². The van der Waals surface area contributed by atoms with Gasteiger partial charge in [0, 0.05) is 10.8 Å². The van der Waals surface area contributed by atoms with Gasteiger partial charge in [0.05, 0.1) is 6.42 Å². The first-order valence-corrected chi connectivity index (χ1v) is 2.44. The minimum absolute atomic E-state index is 0.532. The predicted molar refractivity (Wildman–Crippen MR) is 31.3 cm³/mol. The van der Waals surface area contributed by atoms with Gasteiger partial charge in [0.25, 0.3) is 0 Å². The molecule has 0 amide bonds. The van der Waals surface area contributed by atoms with Crippen molar-refractivity contribution in [2.45, 2.75) is 12.5 Å². The summed E-state index contributed by atoms with van der Waals surface area (Å²) in [5.41, 5.74) is 4.84. The van der Waals surface area contributed by atoms with E-state index >= 15 is 0 Å². The molecule has 0 fully saturated rings. The summed E-state index contributed by atoms with van der Waals surface area (Å²) in [4.78, 5) is 19.6. The molecule has 0 aliphatic carbocycles. The molecule has 7 nitrogen and oxygen atoms in total. The number of aliphatic carboxylic acids is 2. The Kier molecular flexibility index (Phi) is 7.05. The molecule has 0 aromatic carbocycles. The highest BCUT2D eigenvalue weighted by Gasteiger charge is 2.14. The number of carboxylic acids is 2. The lowest BCUT2D eigenvalue weighted by molar-refractivity contribution is -0.144. The van der Waals surface area contributed by atoms with Crippen molar-refractivity contribution < 1.29 is 19.8 Å². The summed E-state index contributed by atoms with van der Waals surface area (Å²) in [5.74, 6) is -2.50. The molecular formula is C4H7N3O4.